The summed E-state index contributed by atoms with van der Waals surface area (Å²) in [6.45, 7) is 1.44. The van der Waals surface area contributed by atoms with Crippen molar-refractivity contribution in [2.45, 2.75) is 6.92 Å². The van der Waals surface area contributed by atoms with Gasteiger partial charge in [-0.3, -0.25) is 10.2 Å². The van der Waals surface area contributed by atoms with Gasteiger partial charge < -0.3 is 5.73 Å². The predicted octanol–water partition coefficient (Wildman–Crippen LogP) is -0.334. The summed E-state index contributed by atoms with van der Waals surface area (Å²) in [5.41, 5.74) is 4.84. The predicted molar refractivity (Wildman–Crippen MR) is 26.1 cm³/mol. The maximum absolute atomic E-state index is 9.93. The van der Waals surface area contributed by atoms with Crippen LogP contribution in [0, 0.1) is 5.41 Å². The van der Waals surface area contributed by atoms with Crippen LogP contribution < -0.4 is 5.73 Å². The Hall–Kier alpha value is -1.08. The lowest BCUT2D eigenvalue weighted by molar-refractivity contribution is -0.114. The van der Waals surface area contributed by atoms with Crippen LogP contribution in [-0.2, 0) is 4.79 Å². The zero-order valence-electron chi connectivity index (χ0n) is 3.99. The summed E-state index contributed by atoms with van der Waals surface area (Å²) >= 11 is 0. The molecule has 7 heavy (non-hydrogen) atoms. The molecule has 1 amide bonds. The number of rotatable bonds is 1. The molecule has 0 aliphatic heterocycles. The van der Waals surface area contributed by atoms with Crippen LogP contribution in [0.5, 0.6) is 0 Å². The molecular formula is C4H6N2O. The smallest absolute Gasteiger partial charge is 0.253 e. The molecule has 0 atom stereocenters. The lowest BCUT2D eigenvalue weighted by Crippen LogP contribution is -2.11. The molecule has 3 nitrogen and oxygen atoms in total. The maximum atomic E-state index is 9.93. The van der Waals surface area contributed by atoms with Gasteiger partial charge >= 0.3 is 0 Å². The average molecular weight is 98.1 g/mol. The van der Waals surface area contributed by atoms with Crippen molar-refractivity contribution in [2.24, 2.45) is 5.73 Å². The van der Waals surface area contributed by atoms with Gasteiger partial charge in [0.25, 0.3) is 5.91 Å². The molecule has 0 aliphatic carbocycles. The van der Waals surface area contributed by atoms with Crippen LogP contribution in [-0.4, -0.2) is 11.8 Å². The van der Waals surface area contributed by atoms with Gasteiger partial charge in [-0.15, -0.1) is 0 Å². The molecule has 0 unspecified atom stereocenters. The van der Waals surface area contributed by atoms with Gasteiger partial charge in [0.2, 0.25) is 0 Å². The van der Waals surface area contributed by atoms with Crippen LogP contribution in [0.4, 0.5) is 0 Å². The average Bonchev–Trinajstić information content (AvgIpc) is 1.65. The van der Waals surface area contributed by atoms with Crippen LogP contribution in [0.2, 0.25) is 0 Å². The Labute approximate surface area is 41.3 Å². The highest BCUT2D eigenvalue weighted by molar-refractivity contribution is 5.99. The number of carbonyl (C=O) groups excluding carboxylic acids is 1. The molecule has 0 spiro atoms. The second-order valence-corrected chi connectivity index (χ2v) is 1.11. The number of hydrogen-bond donors (Lipinski definition) is 2. The minimum atomic E-state index is -0.588. The molecule has 0 saturated heterocycles. The summed E-state index contributed by atoms with van der Waals surface area (Å²) in [5, 5.41) is 6.35. The normalized spacial score (nSPS) is 7.00. The summed E-state index contributed by atoms with van der Waals surface area (Å²) in [6, 6.07) is 0. The highest BCUT2D eigenvalue weighted by Gasteiger charge is 1.91. The van der Waals surface area contributed by atoms with E-state index in [1.54, 1.807) is 0 Å². The van der Waals surface area contributed by atoms with E-state index in [0.29, 0.717) is 0 Å². The summed E-state index contributed by atoms with van der Waals surface area (Å²) in [5.74, 6) is 1.27. The maximum Gasteiger partial charge on any atom is 0.253 e. The number of primary amides is 1. The molecule has 0 aliphatic rings. The van der Waals surface area contributed by atoms with Crippen LogP contribution in [0.1, 0.15) is 6.92 Å². The summed E-state index contributed by atoms with van der Waals surface area (Å²) < 4.78 is 0. The van der Waals surface area contributed by atoms with Gasteiger partial charge in [-0.05, 0) is 12.8 Å². The quantitative estimate of drug-likeness (QED) is 0.342. The molecule has 0 aromatic rings. The van der Waals surface area contributed by atoms with Crippen molar-refractivity contribution in [3.63, 3.8) is 0 Å². The van der Waals surface area contributed by atoms with Gasteiger partial charge in [-0.1, -0.05) is 0 Å². The van der Waals surface area contributed by atoms with Crippen molar-refractivity contribution in [3.8, 4) is 0 Å². The number of hydrogen-bond acceptors (Lipinski definition) is 2. The molecule has 0 aromatic heterocycles. The molecule has 0 fully saturated rings. The van der Waals surface area contributed by atoms with E-state index in [2.05, 4.69) is 5.73 Å². The van der Waals surface area contributed by atoms with Gasteiger partial charge in [-0.2, -0.15) is 0 Å². The first-order chi connectivity index (χ1) is 3.18. The molecule has 0 saturated carbocycles. The highest BCUT2D eigenvalue weighted by Crippen LogP contribution is 1.77. The van der Waals surface area contributed by atoms with E-state index in [0.717, 1.165) is 0 Å². The Morgan fingerprint density at radius 1 is 1.86 bits per heavy atom. The van der Waals surface area contributed by atoms with Crippen molar-refractivity contribution in [3.05, 3.63) is 5.57 Å². The lowest BCUT2D eigenvalue weighted by Gasteiger charge is -1.80. The van der Waals surface area contributed by atoms with E-state index in [4.69, 9.17) is 5.41 Å². The Bertz CT molecular complexity index is 133. The summed E-state index contributed by atoms with van der Waals surface area (Å²) in [4.78, 5) is 9.93. The van der Waals surface area contributed by atoms with Gasteiger partial charge in [0.15, 0.2) is 0 Å². The van der Waals surface area contributed by atoms with E-state index < -0.39 is 5.91 Å². The minimum Gasteiger partial charge on any atom is -0.365 e. The fourth-order valence-corrected chi connectivity index (χ4v) is 0.0616. The van der Waals surface area contributed by atoms with Crippen molar-refractivity contribution < 1.29 is 4.79 Å². The fraction of sp³-hybridized carbons (Fsp3) is 0.250. The van der Waals surface area contributed by atoms with Gasteiger partial charge in [0.05, 0.1) is 5.57 Å². The van der Waals surface area contributed by atoms with Gasteiger partial charge in [-0.25, -0.2) is 0 Å². The second-order valence-electron chi connectivity index (χ2n) is 1.11. The molecule has 0 heterocycles. The van der Waals surface area contributed by atoms with Gasteiger partial charge in [0.1, 0.15) is 0 Å². The standard InChI is InChI=1S/C4H6N2O/c1-3(2-5)4(6)7/h5H,1H3,(H2,6,7). The molecular weight excluding hydrogens is 92.1 g/mol. The van der Waals surface area contributed by atoms with Crippen molar-refractivity contribution in [1.29, 1.82) is 5.41 Å². The largest absolute Gasteiger partial charge is 0.365 e. The third-order valence-corrected chi connectivity index (χ3v) is 0.557. The molecule has 0 bridgehead atoms. The molecule has 38 valence electrons. The van der Waals surface area contributed by atoms with Crippen molar-refractivity contribution in [1.82, 2.24) is 0 Å². The Morgan fingerprint density at radius 3 is 2.29 bits per heavy atom. The third-order valence-electron chi connectivity index (χ3n) is 0.557. The Balaban J connectivity index is 4.10. The van der Waals surface area contributed by atoms with E-state index >= 15 is 0 Å². The molecule has 3 N–H and O–H groups in total. The van der Waals surface area contributed by atoms with E-state index in [9.17, 15) is 4.79 Å². The van der Waals surface area contributed by atoms with E-state index in [-0.39, 0.29) is 5.57 Å². The highest BCUT2D eigenvalue weighted by atomic mass is 16.1. The topological polar surface area (TPSA) is 66.9 Å². The molecule has 0 aromatic carbocycles. The molecule has 0 radical (unpaired) electrons. The number of nitrogens with one attached hydrogen (secondary N) is 1. The van der Waals surface area contributed by atoms with E-state index in [1.165, 1.54) is 6.92 Å². The second kappa shape index (κ2) is 2.16. The van der Waals surface area contributed by atoms with Crippen LogP contribution in [0.15, 0.2) is 5.57 Å². The summed E-state index contributed by atoms with van der Waals surface area (Å²) in [6.07, 6.45) is 0. The first kappa shape index (κ1) is 5.92. The summed E-state index contributed by atoms with van der Waals surface area (Å²) in [7, 11) is 0. The van der Waals surface area contributed by atoms with Crippen LogP contribution in [0.25, 0.3) is 0 Å². The minimum absolute atomic E-state index is 0.153. The van der Waals surface area contributed by atoms with Crippen molar-refractivity contribution in [2.75, 3.05) is 0 Å². The monoisotopic (exact) mass is 98.0 g/mol. The Morgan fingerprint density at radius 2 is 2.29 bits per heavy atom. The zero-order chi connectivity index (χ0) is 5.86. The van der Waals surface area contributed by atoms with Crippen LogP contribution >= 0.6 is 0 Å². The van der Waals surface area contributed by atoms with Crippen molar-refractivity contribution >= 4 is 11.8 Å². The fourth-order valence-electron chi connectivity index (χ4n) is 0.0616. The molecule has 0 rings (SSSR count). The molecule has 3 heteroatoms. The number of nitrogens with two attached hydrogens (primary N) is 1. The Kier molecular flexibility index (Phi) is 1.82. The zero-order valence-corrected chi connectivity index (χ0v) is 3.99. The first-order valence-corrected chi connectivity index (χ1v) is 1.74. The number of amides is 1. The lowest BCUT2D eigenvalue weighted by atomic mass is 10.3. The van der Waals surface area contributed by atoms with Crippen LogP contribution in [0.3, 0.4) is 0 Å². The first-order valence-electron chi connectivity index (χ1n) is 1.74. The SMILES string of the molecule is CC(=C=N)C(N)=O. The van der Waals surface area contributed by atoms with E-state index in [1.807, 2.05) is 5.87 Å². The third kappa shape index (κ3) is 1.73. The number of carbonyl (C=O) groups is 1. The van der Waals surface area contributed by atoms with Gasteiger partial charge in [0, 0.05) is 0 Å².